The first-order valence-electron chi connectivity index (χ1n) is 8.06. The predicted octanol–water partition coefficient (Wildman–Crippen LogP) is 4.91. The molecule has 1 unspecified atom stereocenters. The highest BCUT2D eigenvalue weighted by atomic mass is 14.6. The zero-order valence-electron chi connectivity index (χ0n) is 14.5. The summed E-state index contributed by atoms with van der Waals surface area (Å²) >= 11 is 0. The van der Waals surface area contributed by atoms with E-state index in [4.69, 9.17) is 5.73 Å². The molecule has 1 rings (SSSR count). The van der Waals surface area contributed by atoms with Crippen LogP contribution in [0.3, 0.4) is 0 Å². The van der Waals surface area contributed by atoms with Gasteiger partial charge in [-0.15, -0.1) is 0 Å². The summed E-state index contributed by atoms with van der Waals surface area (Å²) in [7, 11) is 0. The molecular formula is C19H33N. The van der Waals surface area contributed by atoms with E-state index in [-0.39, 0.29) is 11.5 Å². The molecule has 114 valence electrons. The first-order valence-corrected chi connectivity index (χ1v) is 8.06. The van der Waals surface area contributed by atoms with Gasteiger partial charge in [-0.1, -0.05) is 59.6 Å². The fourth-order valence-corrected chi connectivity index (χ4v) is 3.04. The second kappa shape index (κ2) is 6.76. The Morgan fingerprint density at radius 1 is 1.00 bits per heavy atom. The SMILES string of the molecule is CCC(CC)C(N)Cc1c(C)cc(C(C)(C)C)cc1C. The molecule has 1 atom stereocenters. The lowest BCUT2D eigenvalue weighted by molar-refractivity contribution is 0.392. The molecule has 1 aromatic rings. The Kier molecular flexibility index (Phi) is 5.82. The molecule has 0 aliphatic rings. The van der Waals surface area contributed by atoms with Gasteiger partial charge in [-0.3, -0.25) is 0 Å². The number of aryl methyl sites for hydroxylation is 2. The molecule has 0 aliphatic carbocycles. The zero-order chi connectivity index (χ0) is 15.5. The predicted molar refractivity (Wildman–Crippen MR) is 90.4 cm³/mol. The summed E-state index contributed by atoms with van der Waals surface area (Å²) in [5.74, 6) is 0.635. The minimum absolute atomic E-state index is 0.214. The van der Waals surface area contributed by atoms with Gasteiger partial charge in [0, 0.05) is 6.04 Å². The summed E-state index contributed by atoms with van der Waals surface area (Å²) in [5.41, 5.74) is 12.3. The fourth-order valence-electron chi connectivity index (χ4n) is 3.04. The van der Waals surface area contributed by atoms with Crippen LogP contribution in [0.2, 0.25) is 0 Å². The van der Waals surface area contributed by atoms with Gasteiger partial charge in [0.2, 0.25) is 0 Å². The Hall–Kier alpha value is -0.820. The van der Waals surface area contributed by atoms with Crippen LogP contribution in [0.15, 0.2) is 12.1 Å². The lowest BCUT2D eigenvalue weighted by atomic mass is 9.81. The van der Waals surface area contributed by atoms with Gasteiger partial charge >= 0.3 is 0 Å². The second-order valence-electron chi connectivity index (χ2n) is 7.28. The summed E-state index contributed by atoms with van der Waals surface area (Å²) in [4.78, 5) is 0. The number of hydrogen-bond donors (Lipinski definition) is 1. The van der Waals surface area contributed by atoms with Crippen molar-refractivity contribution in [2.45, 2.75) is 79.2 Å². The molecule has 0 fully saturated rings. The van der Waals surface area contributed by atoms with E-state index in [0.717, 1.165) is 6.42 Å². The summed E-state index contributed by atoms with van der Waals surface area (Å²) < 4.78 is 0. The van der Waals surface area contributed by atoms with E-state index in [9.17, 15) is 0 Å². The van der Waals surface area contributed by atoms with Crippen molar-refractivity contribution in [3.05, 3.63) is 34.4 Å². The monoisotopic (exact) mass is 275 g/mol. The highest BCUT2D eigenvalue weighted by Crippen LogP contribution is 2.28. The van der Waals surface area contributed by atoms with Crippen LogP contribution >= 0.6 is 0 Å². The molecule has 0 amide bonds. The molecule has 0 spiro atoms. The van der Waals surface area contributed by atoms with E-state index >= 15 is 0 Å². The second-order valence-corrected chi connectivity index (χ2v) is 7.28. The molecular weight excluding hydrogens is 242 g/mol. The Morgan fingerprint density at radius 3 is 1.80 bits per heavy atom. The van der Waals surface area contributed by atoms with Gasteiger partial charge in [-0.25, -0.2) is 0 Å². The van der Waals surface area contributed by atoms with Crippen LogP contribution in [0, 0.1) is 19.8 Å². The molecule has 2 N–H and O–H groups in total. The van der Waals surface area contributed by atoms with Crippen LogP contribution in [-0.4, -0.2) is 6.04 Å². The standard InChI is InChI=1S/C19H33N/c1-8-15(9-2)18(20)12-17-13(3)10-16(11-14(17)4)19(5,6)7/h10-11,15,18H,8-9,12,20H2,1-7H3. The maximum Gasteiger partial charge on any atom is 0.0108 e. The van der Waals surface area contributed by atoms with E-state index < -0.39 is 0 Å². The number of nitrogens with two attached hydrogens (primary N) is 1. The van der Waals surface area contributed by atoms with Crippen LogP contribution in [0.4, 0.5) is 0 Å². The zero-order valence-corrected chi connectivity index (χ0v) is 14.5. The van der Waals surface area contributed by atoms with Crippen LogP contribution < -0.4 is 5.73 Å². The third kappa shape index (κ3) is 4.09. The van der Waals surface area contributed by atoms with Crippen molar-refractivity contribution in [2.75, 3.05) is 0 Å². The molecule has 0 bridgehead atoms. The normalized spacial score (nSPS) is 13.8. The molecule has 1 aromatic carbocycles. The van der Waals surface area contributed by atoms with Crippen LogP contribution in [-0.2, 0) is 11.8 Å². The topological polar surface area (TPSA) is 26.0 Å². The molecule has 0 aliphatic heterocycles. The van der Waals surface area contributed by atoms with Crippen molar-refractivity contribution in [3.8, 4) is 0 Å². The summed E-state index contributed by atoms with van der Waals surface area (Å²) in [6, 6.07) is 4.98. The quantitative estimate of drug-likeness (QED) is 0.812. The van der Waals surface area contributed by atoms with Gasteiger partial charge in [0.25, 0.3) is 0 Å². The number of benzene rings is 1. The van der Waals surface area contributed by atoms with Crippen LogP contribution in [0.5, 0.6) is 0 Å². The van der Waals surface area contributed by atoms with Crippen LogP contribution in [0.25, 0.3) is 0 Å². The fraction of sp³-hybridized carbons (Fsp3) is 0.684. The molecule has 1 nitrogen and oxygen atoms in total. The van der Waals surface area contributed by atoms with E-state index in [1.807, 2.05) is 0 Å². The Labute approximate surface area is 126 Å². The average Bonchev–Trinajstić information content (AvgIpc) is 2.33. The summed E-state index contributed by atoms with van der Waals surface area (Å²) in [6.07, 6.45) is 3.36. The summed E-state index contributed by atoms with van der Waals surface area (Å²) in [5, 5.41) is 0. The first-order chi connectivity index (χ1) is 9.20. The highest BCUT2D eigenvalue weighted by Gasteiger charge is 2.19. The molecule has 0 saturated carbocycles. The lowest BCUT2D eigenvalue weighted by Crippen LogP contribution is -2.32. The van der Waals surface area contributed by atoms with Gasteiger partial charge in [0.1, 0.15) is 0 Å². The maximum atomic E-state index is 6.43. The third-order valence-corrected chi connectivity index (χ3v) is 4.66. The molecule has 1 heteroatoms. The molecule has 0 heterocycles. The average molecular weight is 275 g/mol. The van der Waals surface area contributed by atoms with E-state index in [1.165, 1.54) is 35.1 Å². The summed E-state index contributed by atoms with van der Waals surface area (Å²) in [6.45, 7) is 15.8. The largest absolute Gasteiger partial charge is 0.327 e. The first kappa shape index (κ1) is 17.2. The van der Waals surface area contributed by atoms with Crippen molar-refractivity contribution < 1.29 is 0 Å². The lowest BCUT2D eigenvalue weighted by Gasteiger charge is -2.25. The molecule has 0 aromatic heterocycles. The van der Waals surface area contributed by atoms with E-state index in [2.05, 4.69) is 60.6 Å². The number of hydrogen-bond acceptors (Lipinski definition) is 1. The number of rotatable bonds is 5. The smallest absolute Gasteiger partial charge is 0.0108 e. The van der Waals surface area contributed by atoms with Crippen molar-refractivity contribution in [1.82, 2.24) is 0 Å². The van der Waals surface area contributed by atoms with Gasteiger partial charge in [0.15, 0.2) is 0 Å². The van der Waals surface area contributed by atoms with Gasteiger partial charge < -0.3 is 5.73 Å². The molecule has 0 saturated heterocycles. The minimum atomic E-state index is 0.214. The maximum absolute atomic E-state index is 6.43. The highest BCUT2D eigenvalue weighted by molar-refractivity contribution is 5.41. The van der Waals surface area contributed by atoms with Gasteiger partial charge in [0.05, 0.1) is 0 Å². The Bertz CT molecular complexity index is 413. The van der Waals surface area contributed by atoms with Crippen LogP contribution in [0.1, 0.15) is 69.7 Å². The Morgan fingerprint density at radius 2 is 1.45 bits per heavy atom. The van der Waals surface area contributed by atoms with E-state index in [0.29, 0.717) is 5.92 Å². The van der Waals surface area contributed by atoms with Crippen molar-refractivity contribution in [3.63, 3.8) is 0 Å². The van der Waals surface area contributed by atoms with Gasteiger partial charge in [-0.05, 0) is 53.9 Å². The van der Waals surface area contributed by atoms with Crippen molar-refractivity contribution in [1.29, 1.82) is 0 Å². The third-order valence-electron chi connectivity index (χ3n) is 4.66. The molecule has 0 radical (unpaired) electrons. The van der Waals surface area contributed by atoms with Crippen molar-refractivity contribution >= 4 is 0 Å². The molecule has 20 heavy (non-hydrogen) atoms. The Balaban J connectivity index is 3.03. The van der Waals surface area contributed by atoms with Gasteiger partial charge in [-0.2, -0.15) is 0 Å². The van der Waals surface area contributed by atoms with Crippen molar-refractivity contribution in [2.24, 2.45) is 11.7 Å². The minimum Gasteiger partial charge on any atom is -0.327 e. The van der Waals surface area contributed by atoms with E-state index in [1.54, 1.807) is 0 Å².